The van der Waals surface area contributed by atoms with Gasteiger partial charge in [-0.1, -0.05) is 12.1 Å². The van der Waals surface area contributed by atoms with E-state index in [0.717, 1.165) is 0 Å². The van der Waals surface area contributed by atoms with Crippen molar-refractivity contribution in [2.75, 3.05) is 31.4 Å². The first-order valence-corrected chi connectivity index (χ1v) is 10.9. The van der Waals surface area contributed by atoms with Gasteiger partial charge in [0.1, 0.15) is 22.1 Å². The zero-order chi connectivity index (χ0) is 22.7. The van der Waals surface area contributed by atoms with Gasteiger partial charge in [0.25, 0.3) is 10.0 Å². The fourth-order valence-corrected chi connectivity index (χ4v) is 4.34. The van der Waals surface area contributed by atoms with Gasteiger partial charge in [-0.3, -0.25) is 4.72 Å². The first-order chi connectivity index (χ1) is 15.5. The van der Waals surface area contributed by atoms with Gasteiger partial charge < -0.3 is 19.5 Å². The minimum atomic E-state index is -4.07. The van der Waals surface area contributed by atoms with Gasteiger partial charge in [0.05, 0.1) is 38.4 Å². The lowest BCUT2D eigenvalue weighted by Crippen LogP contribution is -2.14. The monoisotopic (exact) mass is 456 g/mol. The van der Waals surface area contributed by atoms with Crippen LogP contribution in [-0.2, 0) is 10.0 Å². The Bertz CT molecular complexity index is 1370. The van der Waals surface area contributed by atoms with Gasteiger partial charge in [-0.15, -0.1) is 0 Å². The molecule has 0 saturated heterocycles. The molecule has 3 aromatic carbocycles. The Morgan fingerprint density at radius 1 is 0.781 bits per heavy atom. The summed E-state index contributed by atoms with van der Waals surface area (Å²) in [4.78, 5) is -0.107. The lowest BCUT2D eigenvalue weighted by molar-refractivity contribution is 0.315. The summed E-state index contributed by atoms with van der Waals surface area (Å²) in [6.07, 6.45) is 0. The van der Waals surface area contributed by atoms with Crippen molar-refractivity contribution in [1.82, 2.24) is 10.3 Å². The van der Waals surface area contributed by atoms with Crippen molar-refractivity contribution in [3.8, 4) is 17.2 Å². The standard InChI is InChI=1S/C21H20N4O6S/c1-28-13-8-10-18(30-3)16(12-13)25-32(26,27)19-11-9-15(20-21(19)24-31-23-20)22-14-6-4-5-7-17(14)29-2/h4-12,22,25H,1-3H3. The summed E-state index contributed by atoms with van der Waals surface area (Å²) in [5.74, 6) is 1.41. The smallest absolute Gasteiger partial charge is 0.264 e. The van der Waals surface area contributed by atoms with E-state index in [1.165, 1.54) is 26.4 Å². The van der Waals surface area contributed by atoms with Gasteiger partial charge in [0.15, 0.2) is 11.0 Å². The second kappa shape index (κ2) is 8.63. The quantitative estimate of drug-likeness (QED) is 0.407. The van der Waals surface area contributed by atoms with Crippen LogP contribution in [0.5, 0.6) is 17.2 Å². The molecule has 0 bridgehead atoms. The van der Waals surface area contributed by atoms with E-state index in [0.29, 0.717) is 28.6 Å². The summed E-state index contributed by atoms with van der Waals surface area (Å²) in [5, 5.41) is 10.9. The topological polar surface area (TPSA) is 125 Å². The molecule has 4 aromatic rings. The number of aromatic nitrogens is 2. The normalized spacial score (nSPS) is 11.2. The molecule has 0 saturated carbocycles. The van der Waals surface area contributed by atoms with Gasteiger partial charge in [0, 0.05) is 6.07 Å². The molecule has 166 valence electrons. The first-order valence-electron chi connectivity index (χ1n) is 9.37. The third kappa shape index (κ3) is 3.97. The number of fused-ring (bicyclic) bond motifs is 1. The number of rotatable bonds is 8. The van der Waals surface area contributed by atoms with Crippen LogP contribution in [-0.4, -0.2) is 40.1 Å². The third-order valence-electron chi connectivity index (χ3n) is 4.70. The Balaban J connectivity index is 1.73. The molecule has 32 heavy (non-hydrogen) atoms. The molecular weight excluding hydrogens is 436 g/mol. The Morgan fingerprint density at radius 3 is 2.25 bits per heavy atom. The predicted octanol–water partition coefficient (Wildman–Crippen LogP) is 3.79. The molecule has 4 rings (SSSR count). The molecule has 0 aliphatic carbocycles. The molecule has 0 fully saturated rings. The van der Waals surface area contributed by atoms with E-state index in [1.54, 1.807) is 31.4 Å². The highest BCUT2D eigenvalue weighted by Gasteiger charge is 2.24. The number of nitrogens with one attached hydrogen (secondary N) is 2. The number of anilines is 3. The van der Waals surface area contributed by atoms with Crippen LogP contribution in [0.15, 0.2) is 64.1 Å². The van der Waals surface area contributed by atoms with Crippen molar-refractivity contribution in [3.63, 3.8) is 0 Å². The molecule has 11 heteroatoms. The summed E-state index contributed by atoms with van der Waals surface area (Å²) < 4.78 is 49.5. The number of hydrogen-bond donors (Lipinski definition) is 2. The zero-order valence-corrected chi connectivity index (χ0v) is 18.3. The molecular formula is C21H20N4O6S. The highest BCUT2D eigenvalue weighted by molar-refractivity contribution is 7.93. The number of para-hydroxylation sites is 2. The Morgan fingerprint density at radius 2 is 1.50 bits per heavy atom. The highest BCUT2D eigenvalue weighted by Crippen LogP contribution is 2.35. The van der Waals surface area contributed by atoms with Gasteiger partial charge in [-0.25, -0.2) is 13.0 Å². The highest BCUT2D eigenvalue weighted by atomic mass is 32.2. The second-order valence-electron chi connectivity index (χ2n) is 6.57. The fourth-order valence-electron chi connectivity index (χ4n) is 3.15. The molecule has 10 nitrogen and oxygen atoms in total. The van der Waals surface area contributed by atoms with E-state index >= 15 is 0 Å². The van der Waals surface area contributed by atoms with Gasteiger partial charge in [-0.2, -0.15) is 0 Å². The molecule has 0 radical (unpaired) electrons. The molecule has 0 amide bonds. The summed E-state index contributed by atoms with van der Waals surface area (Å²) in [6.45, 7) is 0. The van der Waals surface area contributed by atoms with Crippen LogP contribution in [0, 0.1) is 0 Å². The van der Waals surface area contributed by atoms with Gasteiger partial charge >= 0.3 is 0 Å². The van der Waals surface area contributed by atoms with Crippen molar-refractivity contribution in [2.45, 2.75) is 4.90 Å². The third-order valence-corrected chi connectivity index (χ3v) is 6.09. The molecule has 0 spiro atoms. The zero-order valence-electron chi connectivity index (χ0n) is 17.4. The minimum Gasteiger partial charge on any atom is -0.497 e. The average molecular weight is 456 g/mol. The number of nitrogens with zero attached hydrogens (tertiary/aromatic N) is 2. The van der Waals surface area contributed by atoms with E-state index in [4.69, 9.17) is 18.8 Å². The maximum atomic E-state index is 13.2. The van der Waals surface area contributed by atoms with E-state index < -0.39 is 10.0 Å². The lowest BCUT2D eigenvalue weighted by Gasteiger charge is -2.14. The second-order valence-corrected chi connectivity index (χ2v) is 8.22. The van der Waals surface area contributed by atoms with Crippen LogP contribution in [0.3, 0.4) is 0 Å². The van der Waals surface area contributed by atoms with Crippen LogP contribution in [0.1, 0.15) is 0 Å². The Labute approximate surface area is 184 Å². The molecule has 2 N–H and O–H groups in total. The molecule has 1 heterocycles. The maximum Gasteiger partial charge on any atom is 0.264 e. The Hall–Kier alpha value is -3.99. The Kier molecular flexibility index (Phi) is 5.73. The van der Waals surface area contributed by atoms with Gasteiger partial charge in [-0.05, 0) is 46.7 Å². The number of hydrogen-bond acceptors (Lipinski definition) is 9. The number of sulfonamides is 1. The molecule has 0 atom stereocenters. The van der Waals surface area contributed by atoms with E-state index in [2.05, 4.69) is 20.4 Å². The molecule has 0 unspecified atom stereocenters. The summed E-state index contributed by atoms with van der Waals surface area (Å²) in [5.41, 5.74) is 1.71. The summed E-state index contributed by atoms with van der Waals surface area (Å²) in [7, 11) is 0.414. The SMILES string of the molecule is COc1ccc(OC)c(NS(=O)(=O)c2ccc(Nc3ccccc3OC)c3nonc23)c1. The predicted molar refractivity (Wildman–Crippen MR) is 118 cm³/mol. The number of ether oxygens (including phenoxy) is 3. The summed E-state index contributed by atoms with van der Waals surface area (Å²) >= 11 is 0. The maximum absolute atomic E-state index is 13.2. The molecule has 0 aliphatic rings. The molecule has 0 aliphatic heterocycles. The lowest BCUT2D eigenvalue weighted by atomic mass is 10.2. The number of benzene rings is 3. The van der Waals surface area contributed by atoms with Crippen LogP contribution < -0.4 is 24.2 Å². The van der Waals surface area contributed by atoms with E-state index in [9.17, 15) is 8.42 Å². The van der Waals surface area contributed by atoms with Crippen molar-refractivity contribution in [2.24, 2.45) is 0 Å². The van der Waals surface area contributed by atoms with Crippen molar-refractivity contribution < 1.29 is 27.3 Å². The first kappa shape index (κ1) is 21.2. The largest absolute Gasteiger partial charge is 0.497 e. The minimum absolute atomic E-state index is 0.0688. The van der Waals surface area contributed by atoms with Crippen molar-refractivity contribution in [1.29, 1.82) is 0 Å². The van der Waals surface area contributed by atoms with Gasteiger partial charge in [0.2, 0.25) is 0 Å². The van der Waals surface area contributed by atoms with Crippen molar-refractivity contribution >= 4 is 38.1 Å². The molecule has 1 aromatic heterocycles. The summed E-state index contributed by atoms with van der Waals surface area (Å²) in [6, 6.07) is 15.1. The van der Waals surface area contributed by atoms with Crippen LogP contribution >= 0.6 is 0 Å². The number of methoxy groups -OCH3 is 3. The van der Waals surface area contributed by atoms with E-state index in [1.807, 2.05) is 18.2 Å². The van der Waals surface area contributed by atoms with Crippen molar-refractivity contribution in [3.05, 3.63) is 54.6 Å². The van der Waals surface area contributed by atoms with Crippen LogP contribution in [0.4, 0.5) is 17.1 Å². The average Bonchev–Trinajstić information content (AvgIpc) is 3.29. The van der Waals surface area contributed by atoms with E-state index in [-0.39, 0.29) is 21.6 Å². The fraction of sp³-hybridized carbons (Fsp3) is 0.143. The van der Waals surface area contributed by atoms with Crippen LogP contribution in [0.25, 0.3) is 11.0 Å². The van der Waals surface area contributed by atoms with Crippen LogP contribution in [0.2, 0.25) is 0 Å².